The molecule has 0 bridgehead atoms. The summed E-state index contributed by atoms with van der Waals surface area (Å²) in [4.78, 5) is 16.5. The summed E-state index contributed by atoms with van der Waals surface area (Å²) in [5.74, 6) is -0.299. The Morgan fingerprint density at radius 3 is 2.74 bits per heavy atom. The molecule has 1 saturated carbocycles. The van der Waals surface area contributed by atoms with Crippen LogP contribution in [-0.2, 0) is 4.74 Å². The Kier molecular flexibility index (Phi) is 4.45. The predicted octanol–water partition coefficient (Wildman–Crippen LogP) is 3.62. The third-order valence-electron chi connectivity index (χ3n) is 3.89. The van der Waals surface area contributed by atoms with E-state index in [1.54, 1.807) is 0 Å². The number of hydrogen-bond donors (Lipinski definition) is 1. The number of anilines is 1. The number of thiazole rings is 1. The van der Waals surface area contributed by atoms with E-state index in [0.717, 1.165) is 17.4 Å². The number of nitrogens with zero attached hydrogens (tertiary/aromatic N) is 1. The van der Waals surface area contributed by atoms with Gasteiger partial charge in [-0.3, -0.25) is 0 Å². The van der Waals surface area contributed by atoms with Crippen LogP contribution in [0.1, 0.15) is 54.4 Å². The molecule has 1 aromatic heterocycles. The molecule has 0 spiro atoms. The molecule has 2 rings (SSSR count). The van der Waals surface area contributed by atoms with Gasteiger partial charge in [-0.05, 0) is 25.2 Å². The van der Waals surface area contributed by atoms with Gasteiger partial charge in [0.15, 0.2) is 5.13 Å². The van der Waals surface area contributed by atoms with Gasteiger partial charge in [0, 0.05) is 6.54 Å². The highest BCUT2D eigenvalue weighted by atomic mass is 32.1. The van der Waals surface area contributed by atoms with E-state index in [4.69, 9.17) is 4.74 Å². The zero-order valence-corrected chi connectivity index (χ0v) is 12.7. The van der Waals surface area contributed by atoms with Crippen LogP contribution in [0, 0.1) is 12.3 Å². The summed E-state index contributed by atoms with van der Waals surface area (Å²) >= 11 is 1.38. The van der Waals surface area contributed by atoms with Crippen LogP contribution in [0.25, 0.3) is 0 Å². The maximum atomic E-state index is 11.5. The Morgan fingerprint density at radius 1 is 1.42 bits per heavy atom. The molecule has 0 amide bonds. The Bertz CT molecular complexity index is 450. The van der Waals surface area contributed by atoms with Crippen molar-refractivity contribution >= 4 is 22.4 Å². The average molecular weight is 282 g/mol. The molecule has 0 radical (unpaired) electrons. The molecular formula is C14H22N2O2S. The first-order chi connectivity index (χ1) is 9.04. The molecule has 0 saturated heterocycles. The summed E-state index contributed by atoms with van der Waals surface area (Å²) in [5.41, 5.74) is 1.11. The average Bonchev–Trinajstić information content (AvgIpc) is 2.78. The van der Waals surface area contributed by atoms with E-state index in [0.29, 0.717) is 10.3 Å². The number of methoxy groups -OCH3 is 1. The van der Waals surface area contributed by atoms with Gasteiger partial charge in [-0.1, -0.05) is 37.5 Å². The molecule has 0 atom stereocenters. The number of nitrogens with one attached hydrogen (secondary N) is 1. The summed E-state index contributed by atoms with van der Waals surface area (Å²) in [7, 11) is 1.40. The molecule has 106 valence electrons. The molecular weight excluding hydrogens is 260 g/mol. The van der Waals surface area contributed by atoms with Crippen molar-refractivity contribution in [3.8, 4) is 0 Å². The smallest absolute Gasteiger partial charge is 0.350 e. The van der Waals surface area contributed by atoms with E-state index in [1.807, 2.05) is 6.92 Å². The molecule has 0 aromatic carbocycles. The number of aromatic nitrogens is 1. The van der Waals surface area contributed by atoms with Crippen molar-refractivity contribution in [3.63, 3.8) is 0 Å². The summed E-state index contributed by atoms with van der Waals surface area (Å²) in [6.07, 6.45) is 6.55. The van der Waals surface area contributed by atoms with Crippen LogP contribution in [-0.4, -0.2) is 24.6 Å². The van der Waals surface area contributed by atoms with Gasteiger partial charge in [-0.15, -0.1) is 0 Å². The molecule has 1 N–H and O–H groups in total. The number of rotatable bonds is 4. The third kappa shape index (κ3) is 3.47. The van der Waals surface area contributed by atoms with E-state index in [1.165, 1.54) is 50.6 Å². The minimum atomic E-state index is -0.299. The fraction of sp³-hybridized carbons (Fsp3) is 0.714. The number of carbonyl (C=O) groups excluding carboxylic acids is 1. The number of carbonyl (C=O) groups is 1. The SMILES string of the molecule is COC(=O)c1sc(NCC2(C)CCCCC2)nc1C. The molecule has 0 aliphatic heterocycles. The number of esters is 1. The summed E-state index contributed by atoms with van der Waals surface area (Å²) in [5, 5.41) is 4.22. The van der Waals surface area contributed by atoms with Gasteiger partial charge in [-0.2, -0.15) is 0 Å². The minimum Gasteiger partial charge on any atom is -0.465 e. The lowest BCUT2D eigenvalue weighted by Crippen LogP contribution is -2.28. The van der Waals surface area contributed by atoms with Crippen molar-refractivity contribution in [2.45, 2.75) is 46.0 Å². The maximum absolute atomic E-state index is 11.5. The second-order valence-corrected chi connectivity index (χ2v) is 6.65. The molecule has 5 heteroatoms. The van der Waals surface area contributed by atoms with Crippen molar-refractivity contribution in [2.24, 2.45) is 5.41 Å². The molecule has 1 aliphatic rings. The van der Waals surface area contributed by atoms with Gasteiger partial charge in [0.25, 0.3) is 0 Å². The zero-order chi connectivity index (χ0) is 13.9. The first-order valence-electron chi connectivity index (χ1n) is 6.84. The fourth-order valence-corrected chi connectivity index (χ4v) is 3.51. The molecule has 1 aliphatic carbocycles. The van der Waals surface area contributed by atoms with Gasteiger partial charge in [0.05, 0.1) is 12.8 Å². The first kappa shape index (κ1) is 14.3. The number of aryl methyl sites for hydroxylation is 1. The van der Waals surface area contributed by atoms with E-state index in [9.17, 15) is 4.79 Å². The Hall–Kier alpha value is -1.10. The van der Waals surface area contributed by atoms with Gasteiger partial charge < -0.3 is 10.1 Å². The highest BCUT2D eigenvalue weighted by molar-refractivity contribution is 7.17. The Balaban J connectivity index is 1.98. The van der Waals surface area contributed by atoms with Gasteiger partial charge in [-0.25, -0.2) is 9.78 Å². The minimum absolute atomic E-state index is 0.299. The van der Waals surface area contributed by atoms with Crippen LogP contribution in [0.5, 0.6) is 0 Å². The quantitative estimate of drug-likeness (QED) is 0.857. The molecule has 19 heavy (non-hydrogen) atoms. The molecule has 1 fully saturated rings. The second-order valence-electron chi connectivity index (χ2n) is 5.65. The van der Waals surface area contributed by atoms with Crippen molar-refractivity contribution in [1.82, 2.24) is 4.98 Å². The second kappa shape index (κ2) is 5.90. The third-order valence-corrected chi connectivity index (χ3v) is 4.99. The first-order valence-corrected chi connectivity index (χ1v) is 7.65. The maximum Gasteiger partial charge on any atom is 0.350 e. The van der Waals surface area contributed by atoms with Gasteiger partial charge >= 0.3 is 5.97 Å². The summed E-state index contributed by atoms with van der Waals surface area (Å²) < 4.78 is 4.75. The van der Waals surface area contributed by atoms with Crippen LogP contribution in [0.15, 0.2) is 0 Å². The highest BCUT2D eigenvalue weighted by Gasteiger charge is 2.27. The summed E-state index contributed by atoms with van der Waals surface area (Å²) in [6.45, 7) is 5.11. The fourth-order valence-electron chi connectivity index (χ4n) is 2.63. The zero-order valence-electron chi connectivity index (χ0n) is 11.9. The topological polar surface area (TPSA) is 51.2 Å². The summed E-state index contributed by atoms with van der Waals surface area (Å²) in [6, 6.07) is 0. The van der Waals surface area contributed by atoms with E-state index in [2.05, 4.69) is 17.2 Å². The Labute approximate surface area is 118 Å². The molecule has 1 aromatic rings. The van der Waals surface area contributed by atoms with Crippen LogP contribution < -0.4 is 5.32 Å². The Morgan fingerprint density at radius 2 is 2.11 bits per heavy atom. The van der Waals surface area contributed by atoms with Crippen LogP contribution in [0.2, 0.25) is 0 Å². The predicted molar refractivity (Wildman–Crippen MR) is 77.9 cm³/mol. The van der Waals surface area contributed by atoms with Crippen LogP contribution in [0.3, 0.4) is 0 Å². The van der Waals surface area contributed by atoms with E-state index < -0.39 is 0 Å². The highest BCUT2D eigenvalue weighted by Crippen LogP contribution is 2.36. The van der Waals surface area contributed by atoms with Gasteiger partial charge in [0.1, 0.15) is 4.88 Å². The standard InChI is InChI=1S/C14H22N2O2S/c1-10-11(12(17)18-3)19-13(16-10)15-9-14(2)7-5-4-6-8-14/h4-9H2,1-3H3,(H,15,16). The van der Waals surface area contributed by atoms with Crippen molar-refractivity contribution in [1.29, 1.82) is 0 Å². The number of hydrogen-bond acceptors (Lipinski definition) is 5. The van der Waals surface area contributed by atoms with E-state index >= 15 is 0 Å². The van der Waals surface area contributed by atoms with Gasteiger partial charge in [0.2, 0.25) is 0 Å². The van der Waals surface area contributed by atoms with E-state index in [-0.39, 0.29) is 5.97 Å². The largest absolute Gasteiger partial charge is 0.465 e. The lowest BCUT2D eigenvalue weighted by molar-refractivity contribution is 0.0605. The lowest BCUT2D eigenvalue weighted by Gasteiger charge is -2.33. The monoisotopic (exact) mass is 282 g/mol. The van der Waals surface area contributed by atoms with Crippen LogP contribution in [0.4, 0.5) is 5.13 Å². The molecule has 1 heterocycles. The lowest BCUT2D eigenvalue weighted by atomic mass is 9.76. The van der Waals surface area contributed by atoms with Crippen molar-refractivity contribution in [3.05, 3.63) is 10.6 Å². The van der Waals surface area contributed by atoms with Crippen LogP contribution >= 0.6 is 11.3 Å². The molecule has 0 unspecified atom stereocenters. The molecule has 4 nitrogen and oxygen atoms in total. The van der Waals surface area contributed by atoms with Crippen molar-refractivity contribution < 1.29 is 9.53 Å². The number of ether oxygens (including phenoxy) is 1. The van der Waals surface area contributed by atoms with Crippen molar-refractivity contribution in [2.75, 3.05) is 19.0 Å². The normalized spacial score (nSPS) is 18.1.